The Hall–Kier alpha value is -1.53. The topological polar surface area (TPSA) is 46.5 Å². The molecule has 28 heavy (non-hydrogen) atoms. The largest absolute Gasteiger partial charge is 0.407 e. The fourth-order valence-corrected chi connectivity index (χ4v) is 8.77. The molecule has 1 N–H and O–H groups in total. The zero-order chi connectivity index (χ0) is 20.8. The lowest BCUT2D eigenvalue weighted by Crippen LogP contribution is -2.66. The van der Waals surface area contributed by atoms with Gasteiger partial charge in [0.1, 0.15) is 0 Å². The van der Waals surface area contributed by atoms with Gasteiger partial charge in [0.2, 0.25) is 0 Å². The molecule has 0 amide bonds. The van der Waals surface area contributed by atoms with Gasteiger partial charge in [-0.15, -0.1) is 6.58 Å². The van der Waals surface area contributed by atoms with Gasteiger partial charge in [-0.05, 0) is 34.7 Å². The molecule has 2 aromatic carbocycles. The lowest BCUT2D eigenvalue weighted by molar-refractivity contribution is 0.252. The minimum Gasteiger partial charge on any atom is -0.407 e. The fraction of sp³-hybridized carbons (Fsp3) is 0.391. The van der Waals surface area contributed by atoms with E-state index in [1.807, 2.05) is 18.2 Å². The summed E-state index contributed by atoms with van der Waals surface area (Å²) in [4.78, 5) is 0. The quantitative estimate of drug-likeness (QED) is 0.375. The summed E-state index contributed by atoms with van der Waals surface area (Å²) in [6.45, 7) is 12.9. The molecule has 0 heterocycles. The second-order valence-corrected chi connectivity index (χ2v) is 14.0. The summed E-state index contributed by atoms with van der Waals surface area (Å²) >= 11 is -1.84. The minimum atomic E-state index is -2.59. The van der Waals surface area contributed by atoms with Crippen LogP contribution in [0.3, 0.4) is 0 Å². The van der Waals surface area contributed by atoms with E-state index in [1.54, 1.807) is 6.92 Å². The smallest absolute Gasteiger partial charge is 0.261 e. The molecule has 0 fully saturated rings. The third-order valence-corrected chi connectivity index (χ3v) is 11.1. The molecule has 3 atom stereocenters. The Kier molecular flexibility index (Phi) is 7.95. The van der Waals surface area contributed by atoms with Crippen LogP contribution in [0.25, 0.3) is 0 Å². The van der Waals surface area contributed by atoms with Crippen LogP contribution in [0.15, 0.2) is 73.3 Å². The molecule has 152 valence electrons. The van der Waals surface area contributed by atoms with E-state index < -0.39 is 19.4 Å². The van der Waals surface area contributed by atoms with Crippen LogP contribution in [-0.4, -0.2) is 28.9 Å². The lowest BCUT2D eigenvalue weighted by atomic mass is 10.1. The van der Waals surface area contributed by atoms with E-state index in [0.717, 1.165) is 0 Å². The first-order chi connectivity index (χ1) is 13.2. The van der Waals surface area contributed by atoms with Crippen molar-refractivity contribution in [1.82, 2.24) is 0 Å². The van der Waals surface area contributed by atoms with Crippen LogP contribution in [-0.2, 0) is 15.5 Å². The standard InChI is InChI=1S/C23H32O3SSi/c1-6-20(17-19(2)27(24)25)18-26-28(23(3,4)5,21-13-9-7-10-14-21)22-15-11-8-12-16-22/h6-16,19-20H,1,17-18H2,2-5H3,(H,24,25)/t19-,20+/m0/s1. The predicted molar refractivity (Wildman–Crippen MR) is 122 cm³/mol. The van der Waals surface area contributed by atoms with Crippen molar-refractivity contribution in [2.45, 2.75) is 44.4 Å². The van der Waals surface area contributed by atoms with Gasteiger partial charge in [0.25, 0.3) is 8.32 Å². The maximum Gasteiger partial charge on any atom is 0.261 e. The Morgan fingerprint density at radius 1 is 1.07 bits per heavy atom. The SMILES string of the molecule is C=C[C@@H](CO[Si](c1ccccc1)(c1ccccc1)C(C)(C)C)C[C@H](C)S(=O)O. The molecule has 2 aromatic rings. The van der Waals surface area contributed by atoms with E-state index >= 15 is 0 Å². The highest BCUT2D eigenvalue weighted by Gasteiger charge is 2.50. The van der Waals surface area contributed by atoms with Crippen LogP contribution in [0.2, 0.25) is 5.04 Å². The lowest BCUT2D eigenvalue weighted by Gasteiger charge is -2.43. The highest BCUT2D eigenvalue weighted by Crippen LogP contribution is 2.37. The summed E-state index contributed by atoms with van der Waals surface area (Å²) < 4.78 is 27.7. The van der Waals surface area contributed by atoms with Crippen molar-refractivity contribution in [3.63, 3.8) is 0 Å². The molecule has 2 rings (SSSR count). The number of rotatable bonds is 9. The number of hydrogen-bond donors (Lipinski definition) is 1. The Morgan fingerprint density at radius 3 is 1.89 bits per heavy atom. The first-order valence-electron chi connectivity index (χ1n) is 9.69. The molecule has 0 aliphatic heterocycles. The summed E-state index contributed by atoms with van der Waals surface area (Å²) in [5.74, 6) is 0.0211. The zero-order valence-electron chi connectivity index (χ0n) is 17.3. The third-order valence-electron chi connectivity index (χ3n) is 5.24. The number of hydrogen-bond acceptors (Lipinski definition) is 2. The molecule has 0 aliphatic rings. The molecule has 0 aliphatic carbocycles. The third kappa shape index (κ3) is 5.09. The van der Waals surface area contributed by atoms with Crippen molar-refractivity contribution in [3.05, 3.63) is 73.3 Å². The average molecular weight is 417 g/mol. The summed E-state index contributed by atoms with van der Waals surface area (Å²) in [5.41, 5.74) is 0. The average Bonchev–Trinajstić information content (AvgIpc) is 2.67. The fourth-order valence-electron chi connectivity index (χ4n) is 3.73. The predicted octanol–water partition coefficient (Wildman–Crippen LogP) is 4.37. The second kappa shape index (κ2) is 9.79. The second-order valence-electron chi connectivity index (χ2n) is 8.29. The molecular formula is C23H32O3SSi. The Bertz CT molecular complexity index is 732. The normalized spacial score (nSPS) is 15.6. The van der Waals surface area contributed by atoms with Gasteiger partial charge in [0, 0.05) is 6.61 Å². The zero-order valence-corrected chi connectivity index (χ0v) is 19.1. The first-order valence-corrected chi connectivity index (χ1v) is 12.8. The molecule has 0 radical (unpaired) electrons. The Labute approximate surface area is 173 Å². The van der Waals surface area contributed by atoms with Crippen LogP contribution < -0.4 is 10.4 Å². The molecule has 0 spiro atoms. The maximum atomic E-state index is 11.4. The Balaban J connectivity index is 2.47. The molecule has 0 bridgehead atoms. The molecule has 0 aromatic heterocycles. The van der Waals surface area contributed by atoms with E-state index in [4.69, 9.17) is 4.43 Å². The van der Waals surface area contributed by atoms with Gasteiger partial charge in [-0.3, -0.25) is 0 Å². The monoisotopic (exact) mass is 416 g/mol. The van der Waals surface area contributed by atoms with Crippen molar-refractivity contribution in [2.75, 3.05) is 6.61 Å². The highest BCUT2D eigenvalue weighted by molar-refractivity contribution is 7.79. The first kappa shape index (κ1) is 22.8. The minimum absolute atomic E-state index is 0.0211. The molecule has 0 saturated carbocycles. The van der Waals surface area contributed by atoms with Crippen LogP contribution in [0.4, 0.5) is 0 Å². The van der Waals surface area contributed by atoms with Gasteiger partial charge in [-0.2, -0.15) is 0 Å². The van der Waals surface area contributed by atoms with Crippen LogP contribution in [0.5, 0.6) is 0 Å². The maximum absolute atomic E-state index is 11.4. The molecule has 0 saturated heterocycles. The van der Waals surface area contributed by atoms with Gasteiger partial charge in [-0.1, -0.05) is 87.5 Å². The van der Waals surface area contributed by atoms with Crippen molar-refractivity contribution < 1.29 is 13.2 Å². The van der Waals surface area contributed by atoms with E-state index in [-0.39, 0.29) is 16.2 Å². The molecule has 3 nitrogen and oxygen atoms in total. The van der Waals surface area contributed by atoms with Crippen molar-refractivity contribution in [2.24, 2.45) is 5.92 Å². The highest BCUT2D eigenvalue weighted by atomic mass is 32.2. The summed E-state index contributed by atoms with van der Waals surface area (Å²) in [6.07, 6.45) is 2.42. The Morgan fingerprint density at radius 2 is 1.54 bits per heavy atom. The number of benzene rings is 2. The van der Waals surface area contributed by atoms with Crippen LogP contribution in [0, 0.1) is 5.92 Å². The van der Waals surface area contributed by atoms with E-state index in [2.05, 4.69) is 75.9 Å². The summed E-state index contributed by atoms with van der Waals surface area (Å²) in [6, 6.07) is 21.0. The molecule has 1 unspecified atom stereocenters. The summed E-state index contributed by atoms with van der Waals surface area (Å²) in [7, 11) is -2.59. The van der Waals surface area contributed by atoms with Crippen LogP contribution in [0.1, 0.15) is 34.1 Å². The van der Waals surface area contributed by atoms with E-state index in [0.29, 0.717) is 13.0 Å². The van der Waals surface area contributed by atoms with Gasteiger partial charge in [-0.25, -0.2) is 4.21 Å². The molecule has 5 heteroatoms. The van der Waals surface area contributed by atoms with Crippen molar-refractivity contribution in [1.29, 1.82) is 0 Å². The van der Waals surface area contributed by atoms with Crippen molar-refractivity contribution in [3.8, 4) is 0 Å². The summed E-state index contributed by atoms with van der Waals surface area (Å²) in [5, 5.41) is 2.06. The van der Waals surface area contributed by atoms with Gasteiger partial charge in [0.05, 0.1) is 5.25 Å². The van der Waals surface area contributed by atoms with E-state index in [1.165, 1.54) is 10.4 Å². The van der Waals surface area contributed by atoms with Gasteiger partial charge >= 0.3 is 0 Å². The van der Waals surface area contributed by atoms with Gasteiger partial charge < -0.3 is 8.98 Å². The van der Waals surface area contributed by atoms with Crippen LogP contribution >= 0.6 is 0 Å². The molecular weight excluding hydrogens is 384 g/mol. The van der Waals surface area contributed by atoms with Crippen molar-refractivity contribution >= 4 is 29.8 Å². The van der Waals surface area contributed by atoms with E-state index in [9.17, 15) is 8.76 Å². The van der Waals surface area contributed by atoms with Gasteiger partial charge in [0.15, 0.2) is 11.1 Å².